The Morgan fingerprint density at radius 2 is 2.30 bits per heavy atom. The minimum absolute atomic E-state index is 0.204. The van der Waals surface area contributed by atoms with Crippen LogP contribution < -0.4 is 10.6 Å². The standard InChI is InChI=1S/C17H29N3O2S/c1-13(2)10-20-7-4-5-15(20)9-18-16(21)19-12-17(3,22)14-6-8-23-11-14/h6,8,11,13,15,22H,4-5,7,9-10,12H2,1-3H3,(H2,18,19,21)/t15-,17?/m0/s1. The minimum atomic E-state index is -1.03. The van der Waals surface area contributed by atoms with Crippen molar-refractivity contribution in [3.05, 3.63) is 22.4 Å². The predicted molar refractivity (Wildman–Crippen MR) is 94.7 cm³/mol. The van der Waals surface area contributed by atoms with Crippen molar-refractivity contribution in [2.45, 2.75) is 45.3 Å². The van der Waals surface area contributed by atoms with Gasteiger partial charge in [0.25, 0.3) is 0 Å². The van der Waals surface area contributed by atoms with Crippen LogP contribution in [-0.2, 0) is 5.60 Å². The number of amides is 2. The van der Waals surface area contributed by atoms with Crippen molar-refractivity contribution in [2.24, 2.45) is 5.92 Å². The molecule has 3 N–H and O–H groups in total. The van der Waals surface area contributed by atoms with Crippen molar-refractivity contribution >= 4 is 17.4 Å². The van der Waals surface area contributed by atoms with Gasteiger partial charge in [0.2, 0.25) is 0 Å². The number of thiophene rings is 1. The van der Waals surface area contributed by atoms with Gasteiger partial charge in [0.05, 0.1) is 6.54 Å². The lowest BCUT2D eigenvalue weighted by Gasteiger charge is -2.27. The molecular formula is C17H29N3O2S. The van der Waals surface area contributed by atoms with E-state index in [9.17, 15) is 9.90 Å². The Labute approximate surface area is 143 Å². The average Bonchev–Trinajstić information content (AvgIpc) is 3.14. The molecule has 1 aromatic rings. The van der Waals surface area contributed by atoms with Crippen LogP contribution >= 0.6 is 11.3 Å². The fourth-order valence-corrected chi connectivity index (χ4v) is 3.82. The second-order valence-corrected chi connectivity index (χ2v) is 7.81. The van der Waals surface area contributed by atoms with Crippen LogP contribution in [-0.4, -0.2) is 48.3 Å². The summed E-state index contributed by atoms with van der Waals surface area (Å²) in [5.74, 6) is 0.644. The largest absolute Gasteiger partial charge is 0.384 e. The molecule has 1 saturated heterocycles. The first-order valence-corrected chi connectivity index (χ1v) is 9.33. The Morgan fingerprint density at radius 3 is 2.96 bits per heavy atom. The van der Waals surface area contributed by atoms with Crippen LogP contribution in [0.15, 0.2) is 16.8 Å². The minimum Gasteiger partial charge on any atom is -0.384 e. The number of likely N-dealkylation sites (tertiary alicyclic amines) is 1. The second-order valence-electron chi connectivity index (χ2n) is 7.03. The monoisotopic (exact) mass is 339 g/mol. The van der Waals surface area contributed by atoms with Gasteiger partial charge in [-0.2, -0.15) is 11.3 Å². The molecule has 2 heterocycles. The molecule has 2 atom stereocenters. The van der Waals surface area contributed by atoms with Crippen molar-refractivity contribution in [3.63, 3.8) is 0 Å². The van der Waals surface area contributed by atoms with Crippen molar-refractivity contribution in [1.29, 1.82) is 0 Å². The fraction of sp³-hybridized carbons (Fsp3) is 0.706. The summed E-state index contributed by atoms with van der Waals surface area (Å²) in [6, 6.07) is 2.10. The Kier molecular flexibility index (Phi) is 6.44. The highest BCUT2D eigenvalue weighted by molar-refractivity contribution is 7.08. The van der Waals surface area contributed by atoms with Gasteiger partial charge in [-0.3, -0.25) is 4.90 Å². The number of hydrogen-bond acceptors (Lipinski definition) is 4. The van der Waals surface area contributed by atoms with E-state index in [0.29, 0.717) is 18.5 Å². The molecule has 1 unspecified atom stereocenters. The van der Waals surface area contributed by atoms with Crippen LogP contribution in [0.4, 0.5) is 4.79 Å². The van der Waals surface area contributed by atoms with Crippen LogP contribution in [0.5, 0.6) is 0 Å². The van der Waals surface area contributed by atoms with Gasteiger partial charge in [0.1, 0.15) is 5.60 Å². The van der Waals surface area contributed by atoms with Crippen LogP contribution in [0.2, 0.25) is 0 Å². The molecule has 23 heavy (non-hydrogen) atoms. The van der Waals surface area contributed by atoms with Gasteiger partial charge >= 0.3 is 6.03 Å². The number of nitrogens with one attached hydrogen (secondary N) is 2. The molecule has 6 heteroatoms. The molecule has 1 aromatic heterocycles. The number of aliphatic hydroxyl groups is 1. The van der Waals surface area contributed by atoms with Crippen LogP contribution in [0, 0.1) is 5.92 Å². The van der Waals surface area contributed by atoms with Crippen LogP contribution in [0.25, 0.3) is 0 Å². The van der Waals surface area contributed by atoms with Gasteiger partial charge in [-0.1, -0.05) is 13.8 Å². The zero-order chi connectivity index (χ0) is 16.9. The molecule has 0 aliphatic carbocycles. The summed E-state index contributed by atoms with van der Waals surface area (Å²) in [5.41, 5.74) is -0.198. The molecule has 0 saturated carbocycles. The Balaban J connectivity index is 1.73. The van der Waals surface area contributed by atoms with E-state index in [0.717, 1.165) is 25.1 Å². The average molecular weight is 340 g/mol. The normalized spacial score (nSPS) is 21.3. The maximum atomic E-state index is 12.0. The van der Waals surface area contributed by atoms with E-state index in [4.69, 9.17) is 0 Å². The molecule has 2 rings (SSSR count). The summed E-state index contributed by atoms with van der Waals surface area (Å²) in [5, 5.41) is 20.0. The third-order valence-electron chi connectivity index (χ3n) is 4.33. The highest BCUT2D eigenvalue weighted by Gasteiger charge is 2.26. The second kappa shape index (κ2) is 8.13. The zero-order valence-electron chi connectivity index (χ0n) is 14.3. The summed E-state index contributed by atoms with van der Waals surface area (Å²) >= 11 is 1.54. The van der Waals surface area contributed by atoms with E-state index in [2.05, 4.69) is 29.4 Å². The highest BCUT2D eigenvalue weighted by atomic mass is 32.1. The maximum Gasteiger partial charge on any atom is 0.314 e. The van der Waals surface area contributed by atoms with E-state index in [1.165, 1.54) is 17.8 Å². The molecule has 2 amide bonds. The van der Waals surface area contributed by atoms with Gasteiger partial charge in [-0.05, 0) is 54.6 Å². The van der Waals surface area contributed by atoms with E-state index < -0.39 is 5.60 Å². The van der Waals surface area contributed by atoms with Crippen molar-refractivity contribution in [3.8, 4) is 0 Å². The molecule has 1 fully saturated rings. The molecular weight excluding hydrogens is 310 g/mol. The highest BCUT2D eigenvalue weighted by Crippen LogP contribution is 2.22. The summed E-state index contributed by atoms with van der Waals surface area (Å²) in [6.45, 7) is 9.25. The topological polar surface area (TPSA) is 64.6 Å². The Bertz CT molecular complexity index is 488. The predicted octanol–water partition coefficient (Wildman–Crippen LogP) is 2.38. The smallest absolute Gasteiger partial charge is 0.314 e. The van der Waals surface area contributed by atoms with Gasteiger partial charge in [-0.25, -0.2) is 4.79 Å². The summed E-state index contributed by atoms with van der Waals surface area (Å²) in [7, 11) is 0. The molecule has 5 nitrogen and oxygen atoms in total. The third kappa shape index (κ3) is 5.48. The molecule has 0 bridgehead atoms. The summed E-state index contributed by atoms with van der Waals surface area (Å²) in [4.78, 5) is 14.5. The lowest BCUT2D eigenvalue weighted by molar-refractivity contribution is 0.0597. The lowest BCUT2D eigenvalue weighted by atomic mass is 9.99. The Hall–Kier alpha value is -1.11. The first-order valence-electron chi connectivity index (χ1n) is 8.39. The lowest BCUT2D eigenvalue weighted by Crippen LogP contribution is -2.47. The van der Waals surface area contributed by atoms with E-state index in [-0.39, 0.29) is 12.6 Å². The van der Waals surface area contributed by atoms with Gasteiger partial charge < -0.3 is 15.7 Å². The quantitative estimate of drug-likeness (QED) is 0.715. The number of urea groups is 1. The summed E-state index contributed by atoms with van der Waals surface area (Å²) < 4.78 is 0. The van der Waals surface area contributed by atoms with E-state index >= 15 is 0 Å². The maximum absolute atomic E-state index is 12.0. The number of carbonyl (C=O) groups excluding carboxylic acids is 1. The Morgan fingerprint density at radius 1 is 1.52 bits per heavy atom. The van der Waals surface area contributed by atoms with E-state index in [1.54, 1.807) is 6.92 Å². The number of hydrogen-bond donors (Lipinski definition) is 3. The third-order valence-corrected chi connectivity index (χ3v) is 5.02. The van der Waals surface area contributed by atoms with Crippen LogP contribution in [0.3, 0.4) is 0 Å². The molecule has 1 aliphatic rings. The number of nitrogens with zero attached hydrogens (tertiary/aromatic N) is 1. The summed E-state index contributed by atoms with van der Waals surface area (Å²) in [6.07, 6.45) is 2.34. The molecule has 1 aliphatic heterocycles. The van der Waals surface area contributed by atoms with Crippen molar-refractivity contribution < 1.29 is 9.90 Å². The van der Waals surface area contributed by atoms with Crippen molar-refractivity contribution in [2.75, 3.05) is 26.2 Å². The fourth-order valence-electron chi connectivity index (χ4n) is 3.03. The van der Waals surface area contributed by atoms with Gasteiger partial charge in [0, 0.05) is 19.1 Å². The SMILES string of the molecule is CC(C)CN1CCC[C@H]1CNC(=O)NCC(C)(O)c1ccsc1. The van der Waals surface area contributed by atoms with Gasteiger partial charge in [-0.15, -0.1) is 0 Å². The van der Waals surface area contributed by atoms with Gasteiger partial charge in [0.15, 0.2) is 0 Å². The van der Waals surface area contributed by atoms with E-state index in [1.807, 2.05) is 16.8 Å². The molecule has 130 valence electrons. The zero-order valence-corrected chi connectivity index (χ0v) is 15.2. The number of rotatable bonds is 7. The first kappa shape index (κ1) is 18.2. The number of carbonyl (C=O) groups is 1. The first-order chi connectivity index (χ1) is 10.9. The molecule has 0 spiro atoms. The molecule has 0 radical (unpaired) electrons. The molecule has 0 aromatic carbocycles. The van der Waals surface area contributed by atoms with Crippen LogP contribution in [0.1, 0.15) is 39.2 Å². The van der Waals surface area contributed by atoms with Crippen molar-refractivity contribution in [1.82, 2.24) is 15.5 Å².